The number of aliphatic hydroxyl groups excluding tert-OH is 2. The van der Waals surface area contributed by atoms with Gasteiger partial charge in [0.1, 0.15) is 18.9 Å². The number of aryl methyl sites for hydroxylation is 2. The zero-order valence-electron chi connectivity index (χ0n) is 58.1. The summed E-state index contributed by atoms with van der Waals surface area (Å²) in [6.07, 6.45) is -0.234. The van der Waals surface area contributed by atoms with E-state index >= 15 is 0 Å². The van der Waals surface area contributed by atoms with E-state index in [9.17, 15) is 39.0 Å². The Morgan fingerprint density at radius 1 is 0.667 bits per heavy atom. The zero-order chi connectivity index (χ0) is 68.6. The molecule has 0 saturated carbocycles. The number of nitrogens with one attached hydrogen (secondary N) is 4. The van der Waals surface area contributed by atoms with Crippen LogP contribution in [0.5, 0.6) is 0 Å². The van der Waals surface area contributed by atoms with Crippen LogP contribution < -0.4 is 33.5 Å². The molecule has 2 aliphatic rings. The van der Waals surface area contributed by atoms with Crippen LogP contribution >= 0.6 is 0 Å². The molecule has 4 heterocycles. The van der Waals surface area contributed by atoms with E-state index in [0.29, 0.717) is 17.5 Å². The SMILES string of the molecule is C.CC.CC.CC.CC.CC.CC.CC.CC.CC.CC.CC.CC.CC.CC.CC.CCC(=O)NC.CN.Cc1cn(C2CC(O)C(CO[N]=[V])O2)c(=O)[nH]c1=O.Cc1cn(C2CC(OCC(=O)O)C(CO)O2)c(=O)[nH]c1=O.[3HH].[NH]=[V]. The van der Waals surface area contributed by atoms with Crippen LogP contribution in [0.25, 0.3) is 0 Å². The van der Waals surface area contributed by atoms with Gasteiger partial charge in [-0.05, 0) is 14.0 Å². The van der Waals surface area contributed by atoms with E-state index in [2.05, 4.69) is 25.0 Å². The standard InChI is InChI=1S/C12H16N2O7.C10H13N3O5.C4H9NO.15C2H6.CH5N.CH4.HN.2V.H2/c1-6-3-14(12(19)13-11(6)18)9-2-7(8(4-15)21-9)20-5-10(16)17;1-5-3-13(10(16)12-9(5)15)8-2-6(14)7(18-8)4-17-11;1-3-4(6)5-2;16*1-2;;;;;/h3,7-9,15H,2,4-5H2,1H3,(H,16,17)(H,13,18,19);3,6-8,14H,2,4H2,1H3,(H,12,15,16);3H2,1-2H3,(H,5,6);15*1-2H3;2H2,1H3;1H4;1H;;;1H/i;;;;;;;;;;;;;;;;;;;;;;;1+2. The van der Waals surface area contributed by atoms with Gasteiger partial charge in [-0.25, -0.2) is 9.59 Å². The van der Waals surface area contributed by atoms with Crippen LogP contribution in [0.2, 0.25) is 0 Å². The molecule has 6 atom stereocenters. The van der Waals surface area contributed by atoms with Gasteiger partial charge in [-0.3, -0.25) is 19.1 Å². The molecular weight excluding hydrogens is 1120 g/mol. The van der Waals surface area contributed by atoms with E-state index in [1.807, 2.05) is 232 Å². The predicted molar refractivity (Wildman–Crippen MR) is 344 cm³/mol. The maximum absolute atomic E-state index is 11.8. The van der Waals surface area contributed by atoms with Gasteiger partial charge in [0.25, 0.3) is 5.56 Å². The number of aliphatic hydroxyl groups is 2. The molecule has 0 spiro atoms. The van der Waals surface area contributed by atoms with Crippen molar-refractivity contribution in [3.63, 3.8) is 0 Å². The molecule has 4 rings (SSSR count). The summed E-state index contributed by atoms with van der Waals surface area (Å²) in [6.45, 7) is 64.2. The molecule has 500 valence electrons. The fourth-order valence-corrected chi connectivity index (χ4v) is 4.41. The van der Waals surface area contributed by atoms with Crippen molar-refractivity contribution >= 4 is 11.9 Å². The van der Waals surface area contributed by atoms with Gasteiger partial charge in [0, 0.05) is 33.1 Å². The molecule has 0 radical (unpaired) electrons. The fraction of sp³-hybridized carbons (Fsp3) is 0.828. The second-order valence-electron chi connectivity index (χ2n) is 10.1. The molecule has 9 N–H and O–H groups in total. The Balaban J connectivity index is -0.0000000383. The Kier molecular flexibility index (Phi) is 183. The summed E-state index contributed by atoms with van der Waals surface area (Å²) >= 11 is 3.46. The van der Waals surface area contributed by atoms with Gasteiger partial charge in [0.15, 0.2) is 0 Å². The van der Waals surface area contributed by atoms with E-state index in [4.69, 9.17) is 28.4 Å². The van der Waals surface area contributed by atoms with Crippen LogP contribution in [-0.4, -0.2) is 105 Å². The van der Waals surface area contributed by atoms with Crippen LogP contribution in [0.15, 0.2) is 35.5 Å². The van der Waals surface area contributed by atoms with Gasteiger partial charge >= 0.3 is 150 Å². The third-order valence-corrected chi connectivity index (χ3v) is 6.97. The number of aromatic nitrogens is 4. The van der Waals surface area contributed by atoms with Gasteiger partial charge in [-0.15, -0.1) is 0 Å². The van der Waals surface area contributed by atoms with Gasteiger partial charge in [0.05, 0.1) is 12.7 Å². The molecule has 2 aliphatic heterocycles. The molecule has 1 amide bonds. The van der Waals surface area contributed by atoms with Gasteiger partial charge in [-0.1, -0.05) is 222 Å². The molecular formula is C58H140N8O13V2. The Labute approximate surface area is 518 Å². The van der Waals surface area contributed by atoms with Crippen molar-refractivity contribution in [3.8, 4) is 0 Å². The Hall–Kier alpha value is -3.21. The van der Waals surface area contributed by atoms with Crippen LogP contribution in [-0.2, 0) is 63.1 Å². The fourth-order valence-electron chi connectivity index (χ4n) is 4.31. The summed E-state index contributed by atoms with van der Waals surface area (Å²) in [4.78, 5) is 75.8. The number of H-pyrrole nitrogens is 2. The van der Waals surface area contributed by atoms with E-state index in [1.54, 1.807) is 38.1 Å². The first-order valence-corrected chi connectivity index (χ1v) is 31.1. The third-order valence-electron chi connectivity index (χ3n) is 6.79. The molecule has 0 bridgehead atoms. The number of carbonyl (C=O) groups excluding carboxylic acids is 1. The summed E-state index contributed by atoms with van der Waals surface area (Å²) in [5.74, 6) is -1.04. The Morgan fingerprint density at radius 3 is 1.21 bits per heavy atom. The van der Waals surface area contributed by atoms with Crippen molar-refractivity contribution in [1.82, 2.24) is 24.4 Å². The second kappa shape index (κ2) is 119. The van der Waals surface area contributed by atoms with Crippen molar-refractivity contribution in [2.24, 2.45) is 9.69 Å². The van der Waals surface area contributed by atoms with Crippen LogP contribution in [0.1, 0.15) is 266 Å². The first-order valence-electron chi connectivity index (χ1n) is 29.8. The summed E-state index contributed by atoms with van der Waals surface area (Å²) in [5.41, 5.74) is 3.14. The predicted octanol–water partition coefficient (Wildman–Crippen LogP) is 14.0. The van der Waals surface area contributed by atoms with Gasteiger partial charge in [-0.2, -0.15) is 0 Å². The molecule has 0 aliphatic carbocycles. The summed E-state index contributed by atoms with van der Waals surface area (Å²) in [6, 6.07) is 0. The third kappa shape index (κ3) is 74.8. The number of aromatic amines is 2. The quantitative estimate of drug-likeness (QED) is 0.103. The minimum absolute atomic E-state index is 0. The molecule has 2 aromatic heterocycles. The topological polar surface area (TPSA) is 316 Å². The molecule has 6 unspecified atom stereocenters. The van der Waals surface area contributed by atoms with Crippen molar-refractivity contribution < 1.29 is 79.9 Å². The molecule has 0 aromatic carbocycles. The van der Waals surface area contributed by atoms with Gasteiger partial charge in [0.2, 0.25) is 5.91 Å². The normalized spacial score (nSPS) is 14.5. The number of aliphatic carboxylic acids is 1. The van der Waals surface area contributed by atoms with Crippen molar-refractivity contribution in [3.05, 3.63) is 65.2 Å². The van der Waals surface area contributed by atoms with E-state index < -0.39 is 71.9 Å². The molecule has 81 heavy (non-hydrogen) atoms. The maximum atomic E-state index is 11.8. The molecule has 23 heteroatoms. The summed E-state index contributed by atoms with van der Waals surface area (Å²) < 4.78 is 27.7. The number of amides is 1. The van der Waals surface area contributed by atoms with Crippen LogP contribution in [0.3, 0.4) is 0 Å². The number of carboxylic acid groups (broad SMARTS) is 1. The number of ether oxygens (including phenoxy) is 3. The number of hydrogen-bond donors (Lipinski definition) is 8. The number of carbonyl (C=O) groups is 2. The molecule has 2 aromatic rings. The number of rotatable bonds is 10. The molecule has 2 fully saturated rings. The Morgan fingerprint density at radius 2 is 0.963 bits per heavy atom. The Bertz CT molecular complexity index is 1620. The average molecular weight is 1260 g/mol. The number of nitrogens with zero attached hydrogens (tertiary/aromatic N) is 3. The number of hydrogen-bond acceptors (Lipinski definition) is 15. The van der Waals surface area contributed by atoms with Crippen molar-refractivity contribution in [2.75, 3.05) is 33.9 Å². The van der Waals surface area contributed by atoms with Crippen molar-refractivity contribution in [1.29, 1.82) is 4.21 Å². The van der Waals surface area contributed by atoms with E-state index in [0.717, 1.165) is 0 Å². The zero-order valence-corrected chi connectivity index (χ0v) is 60.9. The van der Waals surface area contributed by atoms with E-state index in [1.165, 1.54) is 28.6 Å². The van der Waals surface area contributed by atoms with Crippen molar-refractivity contribution in [2.45, 2.75) is 292 Å². The van der Waals surface area contributed by atoms with Crippen LogP contribution in [0, 0.1) is 18.1 Å². The summed E-state index contributed by atoms with van der Waals surface area (Å²) in [5, 5.41) is 30.1. The first-order chi connectivity index (χ1) is 38.8. The van der Waals surface area contributed by atoms with Crippen LogP contribution in [0.4, 0.5) is 0 Å². The second-order valence-corrected chi connectivity index (χ2v) is 10.3. The molecule has 21 nitrogen and oxygen atoms in total. The molecule has 2 saturated heterocycles. The number of nitrogens with two attached hydrogens (primary N) is 1. The number of carboxylic acids is 1. The average Bonchev–Trinajstić information content (AvgIpc) is 4.16. The first kappa shape index (κ1) is 124. The monoisotopic (exact) mass is 1260 g/mol. The summed E-state index contributed by atoms with van der Waals surface area (Å²) in [7, 11) is 3.13. The van der Waals surface area contributed by atoms with Gasteiger partial charge < -0.3 is 30.7 Å². The van der Waals surface area contributed by atoms with E-state index in [-0.39, 0.29) is 40.8 Å². The minimum atomic E-state index is -1.13.